The van der Waals surface area contributed by atoms with Crippen molar-refractivity contribution in [1.82, 2.24) is 15.1 Å². The third kappa shape index (κ3) is 3.99. The first-order valence-electron chi connectivity index (χ1n) is 6.93. The van der Waals surface area contributed by atoms with E-state index in [1.165, 1.54) is 5.69 Å². The number of nitrogens with one attached hydrogen (secondary N) is 1. The maximum atomic E-state index is 6.39. The van der Waals surface area contributed by atoms with E-state index in [4.69, 9.17) is 11.6 Å². The zero-order valence-electron chi connectivity index (χ0n) is 12.3. The fraction of sp³-hybridized carbons (Fsp3) is 0.786. The molecule has 0 aliphatic rings. The van der Waals surface area contributed by atoms with Crippen LogP contribution in [0.25, 0.3) is 0 Å². The minimum atomic E-state index is 0.535. The van der Waals surface area contributed by atoms with E-state index in [1.807, 2.05) is 11.7 Å². The Morgan fingerprint density at radius 3 is 2.44 bits per heavy atom. The molecule has 1 atom stereocenters. The van der Waals surface area contributed by atoms with E-state index in [-0.39, 0.29) is 0 Å². The molecule has 1 unspecified atom stereocenters. The molecule has 0 aliphatic carbocycles. The van der Waals surface area contributed by atoms with Gasteiger partial charge in [-0.25, -0.2) is 0 Å². The molecule has 0 saturated heterocycles. The molecule has 0 radical (unpaired) electrons. The van der Waals surface area contributed by atoms with Crippen LogP contribution in [-0.2, 0) is 19.9 Å². The standard InChI is InChI=1S/C14H26ClN3/c1-6-11(9-16-10(3)4)8-13-14(15)12(7-2)17-18(13)5/h10-11,16H,6-9H2,1-5H3. The third-order valence-corrected chi connectivity index (χ3v) is 3.81. The monoisotopic (exact) mass is 271 g/mol. The van der Waals surface area contributed by atoms with Gasteiger partial charge in [0, 0.05) is 13.1 Å². The van der Waals surface area contributed by atoms with Crippen molar-refractivity contribution in [3.05, 3.63) is 16.4 Å². The minimum absolute atomic E-state index is 0.535. The Hall–Kier alpha value is -0.540. The summed E-state index contributed by atoms with van der Waals surface area (Å²) >= 11 is 6.39. The van der Waals surface area contributed by atoms with Gasteiger partial charge in [0.1, 0.15) is 0 Å². The van der Waals surface area contributed by atoms with E-state index in [9.17, 15) is 0 Å². The number of rotatable bonds is 7. The number of halogens is 1. The van der Waals surface area contributed by atoms with Gasteiger partial charge >= 0.3 is 0 Å². The van der Waals surface area contributed by atoms with Crippen LogP contribution in [-0.4, -0.2) is 22.4 Å². The summed E-state index contributed by atoms with van der Waals surface area (Å²) in [5.41, 5.74) is 2.19. The Labute approximate surface area is 116 Å². The molecule has 1 N–H and O–H groups in total. The van der Waals surface area contributed by atoms with Crippen LogP contribution in [0.1, 0.15) is 45.5 Å². The van der Waals surface area contributed by atoms with Crippen LogP contribution in [0.5, 0.6) is 0 Å². The predicted molar refractivity (Wildman–Crippen MR) is 78.2 cm³/mol. The maximum Gasteiger partial charge on any atom is 0.0849 e. The highest BCUT2D eigenvalue weighted by Gasteiger charge is 2.17. The Balaban J connectivity index is 2.72. The van der Waals surface area contributed by atoms with E-state index in [0.29, 0.717) is 12.0 Å². The summed E-state index contributed by atoms with van der Waals surface area (Å²) in [6.45, 7) is 9.72. The lowest BCUT2D eigenvalue weighted by Crippen LogP contribution is -2.30. The first-order chi connectivity index (χ1) is 8.49. The highest BCUT2D eigenvalue weighted by Crippen LogP contribution is 2.24. The minimum Gasteiger partial charge on any atom is -0.314 e. The molecule has 0 saturated carbocycles. The smallest absolute Gasteiger partial charge is 0.0849 e. The fourth-order valence-electron chi connectivity index (χ4n) is 2.08. The van der Waals surface area contributed by atoms with E-state index in [0.717, 1.165) is 36.5 Å². The van der Waals surface area contributed by atoms with Crippen LogP contribution in [0.2, 0.25) is 5.02 Å². The number of nitrogens with zero attached hydrogens (tertiary/aromatic N) is 2. The first-order valence-corrected chi connectivity index (χ1v) is 7.30. The molecule has 4 heteroatoms. The molecule has 18 heavy (non-hydrogen) atoms. The highest BCUT2D eigenvalue weighted by molar-refractivity contribution is 6.31. The van der Waals surface area contributed by atoms with Crippen molar-refractivity contribution in [2.45, 2.75) is 53.0 Å². The first kappa shape index (κ1) is 15.5. The van der Waals surface area contributed by atoms with Crippen LogP contribution in [0.15, 0.2) is 0 Å². The van der Waals surface area contributed by atoms with Gasteiger partial charge in [-0.15, -0.1) is 0 Å². The van der Waals surface area contributed by atoms with E-state index in [2.05, 4.69) is 38.1 Å². The Morgan fingerprint density at radius 1 is 1.33 bits per heavy atom. The summed E-state index contributed by atoms with van der Waals surface area (Å²) in [7, 11) is 1.99. The zero-order chi connectivity index (χ0) is 13.7. The Bertz CT molecular complexity index is 371. The van der Waals surface area contributed by atoms with Gasteiger partial charge in [0.05, 0.1) is 16.4 Å². The molecule has 0 amide bonds. The molecular weight excluding hydrogens is 246 g/mol. The topological polar surface area (TPSA) is 29.9 Å². The molecule has 0 fully saturated rings. The van der Waals surface area contributed by atoms with Crippen molar-refractivity contribution in [2.24, 2.45) is 13.0 Å². The molecule has 1 aromatic heterocycles. The molecule has 0 spiro atoms. The number of aryl methyl sites for hydroxylation is 2. The van der Waals surface area contributed by atoms with Crippen LogP contribution in [0, 0.1) is 5.92 Å². The van der Waals surface area contributed by atoms with Gasteiger partial charge in [0.25, 0.3) is 0 Å². The van der Waals surface area contributed by atoms with Crippen LogP contribution >= 0.6 is 11.6 Å². The van der Waals surface area contributed by atoms with Crippen LogP contribution in [0.4, 0.5) is 0 Å². The SMILES string of the molecule is CCc1nn(C)c(CC(CC)CNC(C)C)c1Cl. The molecular formula is C14H26ClN3. The molecule has 0 aromatic carbocycles. The van der Waals surface area contributed by atoms with Crippen molar-refractivity contribution in [2.75, 3.05) is 6.54 Å². The second-order valence-corrected chi connectivity index (χ2v) is 5.60. The van der Waals surface area contributed by atoms with Gasteiger partial charge in [-0.05, 0) is 25.3 Å². The lowest BCUT2D eigenvalue weighted by atomic mass is 9.99. The van der Waals surface area contributed by atoms with Crippen LogP contribution in [0.3, 0.4) is 0 Å². The predicted octanol–water partition coefficient (Wildman–Crippen LogP) is 3.20. The summed E-state index contributed by atoms with van der Waals surface area (Å²) in [5, 5.41) is 8.84. The molecule has 1 rings (SSSR count). The quantitative estimate of drug-likeness (QED) is 0.825. The summed E-state index contributed by atoms with van der Waals surface area (Å²) in [6.07, 6.45) is 3.05. The third-order valence-electron chi connectivity index (χ3n) is 3.38. The lowest BCUT2D eigenvalue weighted by molar-refractivity contribution is 0.426. The van der Waals surface area contributed by atoms with Gasteiger partial charge in [-0.1, -0.05) is 45.7 Å². The van der Waals surface area contributed by atoms with E-state index >= 15 is 0 Å². The zero-order valence-corrected chi connectivity index (χ0v) is 13.0. The van der Waals surface area contributed by atoms with Gasteiger partial charge < -0.3 is 5.32 Å². The summed E-state index contributed by atoms with van der Waals surface area (Å²) in [5.74, 6) is 0.616. The van der Waals surface area contributed by atoms with Crippen molar-refractivity contribution in [1.29, 1.82) is 0 Å². The number of aromatic nitrogens is 2. The van der Waals surface area contributed by atoms with Gasteiger partial charge in [0.15, 0.2) is 0 Å². The summed E-state index contributed by atoms with van der Waals surface area (Å²) < 4.78 is 1.94. The molecule has 0 bridgehead atoms. The second kappa shape index (κ2) is 7.15. The van der Waals surface area contributed by atoms with Gasteiger partial charge in [-0.3, -0.25) is 4.68 Å². The normalized spacial score (nSPS) is 13.3. The lowest BCUT2D eigenvalue weighted by Gasteiger charge is -2.18. The maximum absolute atomic E-state index is 6.39. The van der Waals surface area contributed by atoms with Crippen molar-refractivity contribution < 1.29 is 0 Å². The van der Waals surface area contributed by atoms with E-state index < -0.39 is 0 Å². The molecule has 3 nitrogen and oxygen atoms in total. The largest absolute Gasteiger partial charge is 0.314 e. The number of hydrogen-bond donors (Lipinski definition) is 1. The van der Waals surface area contributed by atoms with Crippen molar-refractivity contribution in [3.8, 4) is 0 Å². The average Bonchev–Trinajstić information content (AvgIpc) is 2.60. The van der Waals surface area contributed by atoms with Crippen molar-refractivity contribution in [3.63, 3.8) is 0 Å². The summed E-state index contributed by atoms with van der Waals surface area (Å²) in [6, 6.07) is 0.535. The van der Waals surface area contributed by atoms with Gasteiger partial charge in [0.2, 0.25) is 0 Å². The Morgan fingerprint density at radius 2 is 2.00 bits per heavy atom. The molecule has 1 aromatic rings. The van der Waals surface area contributed by atoms with Gasteiger partial charge in [-0.2, -0.15) is 5.10 Å². The second-order valence-electron chi connectivity index (χ2n) is 5.23. The molecule has 0 aliphatic heterocycles. The number of hydrogen-bond acceptors (Lipinski definition) is 2. The Kier molecular flexibility index (Phi) is 6.16. The molecule has 104 valence electrons. The summed E-state index contributed by atoms with van der Waals surface area (Å²) in [4.78, 5) is 0. The fourth-order valence-corrected chi connectivity index (χ4v) is 2.45. The van der Waals surface area contributed by atoms with E-state index in [1.54, 1.807) is 0 Å². The molecule has 1 heterocycles. The van der Waals surface area contributed by atoms with Crippen molar-refractivity contribution >= 4 is 11.6 Å². The highest BCUT2D eigenvalue weighted by atomic mass is 35.5. The van der Waals surface area contributed by atoms with Crippen LogP contribution < -0.4 is 5.32 Å². The average molecular weight is 272 g/mol.